The van der Waals surface area contributed by atoms with Gasteiger partial charge < -0.3 is 20.1 Å². The van der Waals surface area contributed by atoms with Crippen molar-refractivity contribution in [3.05, 3.63) is 52.0 Å². The van der Waals surface area contributed by atoms with Crippen LogP contribution >= 0.6 is 23.2 Å². The van der Waals surface area contributed by atoms with E-state index in [-0.39, 0.29) is 39.9 Å². The first-order valence-corrected chi connectivity index (χ1v) is 9.85. The monoisotopic (exact) mass is 452 g/mol. The predicted octanol–water partition coefficient (Wildman–Crippen LogP) is 4.47. The van der Waals surface area contributed by atoms with Gasteiger partial charge in [-0.3, -0.25) is 14.4 Å². The van der Waals surface area contributed by atoms with Gasteiger partial charge in [0.2, 0.25) is 11.8 Å². The number of amides is 2. The Balaban J connectivity index is 2.09. The lowest BCUT2D eigenvalue weighted by atomic mass is 10.1. The van der Waals surface area contributed by atoms with Gasteiger partial charge in [-0.2, -0.15) is 0 Å². The zero-order valence-electron chi connectivity index (χ0n) is 16.7. The molecule has 0 aliphatic carbocycles. The van der Waals surface area contributed by atoms with Crippen molar-refractivity contribution in [2.45, 2.75) is 20.3 Å². The van der Waals surface area contributed by atoms with Crippen LogP contribution in [0.4, 0.5) is 5.69 Å². The number of carbonyl (C=O) groups is 3. The van der Waals surface area contributed by atoms with E-state index in [1.165, 1.54) is 7.05 Å². The Labute approximate surface area is 184 Å². The Morgan fingerprint density at radius 3 is 2.17 bits per heavy atom. The van der Waals surface area contributed by atoms with Gasteiger partial charge in [0.1, 0.15) is 12.3 Å². The molecule has 2 rings (SSSR count). The van der Waals surface area contributed by atoms with Crippen molar-refractivity contribution >= 4 is 46.7 Å². The van der Waals surface area contributed by atoms with Gasteiger partial charge in [0.25, 0.3) is 0 Å². The highest BCUT2D eigenvalue weighted by atomic mass is 35.5. The number of halogens is 2. The fourth-order valence-corrected chi connectivity index (χ4v) is 3.03. The van der Waals surface area contributed by atoms with Crippen LogP contribution in [0.15, 0.2) is 36.4 Å². The quantitative estimate of drug-likeness (QED) is 0.615. The number of rotatable bonds is 8. The lowest BCUT2D eigenvalue weighted by Crippen LogP contribution is -2.33. The lowest BCUT2D eigenvalue weighted by Gasteiger charge is -2.16. The number of aliphatic carboxylic acids is 1. The molecule has 2 aromatic rings. The highest BCUT2D eigenvalue weighted by Gasteiger charge is 2.16. The van der Waals surface area contributed by atoms with Crippen LogP contribution in [0.1, 0.15) is 19.4 Å². The number of hydrogen-bond acceptors (Lipinski definition) is 4. The summed E-state index contributed by atoms with van der Waals surface area (Å²) in [5.41, 5.74) is 1.17. The largest absolute Gasteiger partial charge is 0.480 e. The van der Waals surface area contributed by atoms with Gasteiger partial charge in [-0.25, -0.2) is 0 Å². The summed E-state index contributed by atoms with van der Waals surface area (Å²) in [4.78, 5) is 35.7. The Kier molecular flexibility index (Phi) is 8.08. The van der Waals surface area contributed by atoms with Crippen molar-refractivity contribution < 1.29 is 24.2 Å². The molecule has 0 atom stereocenters. The molecule has 2 aromatic carbocycles. The van der Waals surface area contributed by atoms with Gasteiger partial charge >= 0.3 is 5.97 Å². The van der Waals surface area contributed by atoms with Crippen LogP contribution in [0.5, 0.6) is 11.5 Å². The maximum atomic E-state index is 12.1. The van der Waals surface area contributed by atoms with E-state index in [4.69, 9.17) is 33.0 Å². The van der Waals surface area contributed by atoms with E-state index in [1.807, 2.05) is 0 Å². The van der Waals surface area contributed by atoms with Crippen LogP contribution in [-0.4, -0.2) is 41.4 Å². The van der Waals surface area contributed by atoms with Crippen LogP contribution in [-0.2, 0) is 20.8 Å². The second kappa shape index (κ2) is 10.3. The predicted molar refractivity (Wildman–Crippen MR) is 115 cm³/mol. The molecule has 0 saturated carbocycles. The standard InChI is InChI=1S/C21H22Cl2N2O5/c1-12(2)21(29)24-14-4-6-15(7-5-14)30-20-16(22)8-13(9-17(20)23)10-18(26)25(3)11-19(27)28/h4-9,12H,10-11H2,1-3H3,(H,24,29)(H,27,28). The van der Waals surface area contributed by atoms with Crippen molar-refractivity contribution in [3.63, 3.8) is 0 Å². The van der Waals surface area contributed by atoms with Crippen LogP contribution < -0.4 is 10.1 Å². The minimum atomic E-state index is -1.10. The van der Waals surface area contributed by atoms with Gasteiger partial charge in [-0.05, 0) is 42.0 Å². The van der Waals surface area contributed by atoms with Crippen LogP contribution in [0.3, 0.4) is 0 Å². The number of carboxylic acids is 1. The molecule has 30 heavy (non-hydrogen) atoms. The number of nitrogens with one attached hydrogen (secondary N) is 1. The second-order valence-corrected chi connectivity index (χ2v) is 7.79. The molecule has 0 aliphatic heterocycles. The lowest BCUT2D eigenvalue weighted by molar-refractivity contribution is -0.143. The van der Waals surface area contributed by atoms with E-state index in [1.54, 1.807) is 50.2 Å². The number of likely N-dealkylation sites (N-methyl/N-ethyl adjacent to an activating group) is 1. The summed E-state index contributed by atoms with van der Waals surface area (Å²) in [6.07, 6.45) is -0.0479. The Bertz CT molecular complexity index is 922. The summed E-state index contributed by atoms with van der Waals surface area (Å²) in [7, 11) is 1.41. The van der Waals surface area contributed by atoms with E-state index < -0.39 is 12.5 Å². The van der Waals surface area contributed by atoms with Crippen LogP contribution in [0, 0.1) is 5.92 Å². The summed E-state index contributed by atoms with van der Waals surface area (Å²) < 4.78 is 5.76. The van der Waals surface area contributed by atoms with Crippen molar-refractivity contribution in [2.24, 2.45) is 5.92 Å². The number of nitrogens with zero attached hydrogens (tertiary/aromatic N) is 1. The molecule has 0 unspecified atom stereocenters. The molecular formula is C21H22Cl2N2O5. The first-order chi connectivity index (χ1) is 14.1. The van der Waals surface area contributed by atoms with Gasteiger partial charge in [0.05, 0.1) is 16.5 Å². The maximum absolute atomic E-state index is 12.1. The smallest absolute Gasteiger partial charge is 0.323 e. The minimum Gasteiger partial charge on any atom is -0.480 e. The Hall–Kier alpha value is -2.77. The summed E-state index contributed by atoms with van der Waals surface area (Å²) in [5, 5.41) is 12.0. The van der Waals surface area contributed by atoms with Gasteiger partial charge in [-0.15, -0.1) is 0 Å². The normalized spacial score (nSPS) is 10.6. The Morgan fingerprint density at radius 1 is 1.10 bits per heavy atom. The minimum absolute atomic E-state index is 0.0479. The molecule has 0 bridgehead atoms. The number of hydrogen-bond donors (Lipinski definition) is 2. The van der Waals surface area contributed by atoms with Crippen LogP contribution in [0.25, 0.3) is 0 Å². The van der Waals surface area contributed by atoms with E-state index in [0.29, 0.717) is 17.0 Å². The fraction of sp³-hybridized carbons (Fsp3) is 0.286. The summed E-state index contributed by atoms with van der Waals surface area (Å²) in [5.74, 6) is -1.00. The van der Waals surface area contributed by atoms with E-state index in [0.717, 1.165) is 4.90 Å². The molecule has 0 fully saturated rings. The van der Waals surface area contributed by atoms with Gasteiger partial charge in [-0.1, -0.05) is 37.0 Å². The number of carbonyl (C=O) groups excluding carboxylic acids is 2. The zero-order chi connectivity index (χ0) is 22.4. The van der Waals surface area contributed by atoms with Crippen LogP contribution in [0.2, 0.25) is 10.0 Å². The molecule has 0 saturated heterocycles. The second-order valence-electron chi connectivity index (χ2n) is 6.98. The van der Waals surface area contributed by atoms with Crippen molar-refractivity contribution in [3.8, 4) is 11.5 Å². The van der Waals surface area contributed by atoms with Gasteiger partial charge in [0, 0.05) is 18.7 Å². The highest BCUT2D eigenvalue weighted by molar-refractivity contribution is 6.37. The zero-order valence-corrected chi connectivity index (χ0v) is 18.3. The number of carboxylic acid groups (broad SMARTS) is 1. The fourth-order valence-electron chi connectivity index (χ4n) is 2.42. The van der Waals surface area contributed by atoms with Crippen molar-refractivity contribution in [1.82, 2.24) is 4.90 Å². The molecule has 9 heteroatoms. The third kappa shape index (κ3) is 6.64. The maximum Gasteiger partial charge on any atom is 0.323 e. The third-order valence-corrected chi connectivity index (χ3v) is 4.64. The highest BCUT2D eigenvalue weighted by Crippen LogP contribution is 2.37. The van der Waals surface area contributed by atoms with Crippen molar-refractivity contribution in [2.75, 3.05) is 18.9 Å². The SMILES string of the molecule is CC(C)C(=O)Nc1ccc(Oc2c(Cl)cc(CC(=O)N(C)CC(=O)O)cc2Cl)cc1. The molecule has 160 valence electrons. The van der Waals surface area contributed by atoms with Gasteiger partial charge in [0.15, 0.2) is 5.75 Å². The first kappa shape index (κ1) is 23.5. The van der Waals surface area contributed by atoms with E-state index in [2.05, 4.69) is 5.32 Å². The molecular weight excluding hydrogens is 431 g/mol. The molecule has 0 spiro atoms. The molecule has 0 radical (unpaired) electrons. The molecule has 0 heterocycles. The van der Waals surface area contributed by atoms with E-state index >= 15 is 0 Å². The molecule has 7 nitrogen and oxygen atoms in total. The molecule has 0 aliphatic rings. The molecule has 2 amide bonds. The Morgan fingerprint density at radius 2 is 1.67 bits per heavy atom. The molecule has 0 aromatic heterocycles. The topological polar surface area (TPSA) is 95.9 Å². The average Bonchev–Trinajstić information content (AvgIpc) is 2.65. The first-order valence-electron chi connectivity index (χ1n) is 9.09. The average molecular weight is 453 g/mol. The third-order valence-electron chi connectivity index (χ3n) is 4.08. The summed E-state index contributed by atoms with van der Waals surface area (Å²) in [6, 6.07) is 9.83. The summed E-state index contributed by atoms with van der Waals surface area (Å²) in [6.45, 7) is 3.21. The van der Waals surface area contributed by atoms with Crippen molar-refractivity contribution in [1.29, 1.82) is 0 Å². The van der Waals surface area contributed by atoms with E-state index in [9.17, 15) is 14.4 Å². The summed E-state index contributed by atoms with van der Waals surface area (Å²) >= 11 is 12.6. The molecule has 2 N–H and O–H groups in total. The number of benzene rings is 2. The number of anilines is 1. The number of ether oxygens (including phenoxy) is 1.